The van der Waals surface area contributed by atoms with E-state index in [1.165, 1.54) is 13.1 Å². The van der Waals surface area contributed by atoms with Crippen molar-refractivity contribution < 1.29 is 61.9 Å². The summed E-state index contributed by atoms with van der Waals surface area (Å²) in [6.07, 6.45) is -9.01. The van der Waals surface area contributed by atoms with Gasteiger partial charge in [-0.05, 0) is 6.92 Å². The van der Waals surface area contributed by atoms with E-state index in [0.29, 0.717) is 0 Å². The lowest BCUT2D eigenvalue weighted by Gasteiger charge is -2.29. The van der Waals surface area contributed by atoms with Crippen molar-refractivity contribution >= 4 is 21.4 Å². The molecular weight excluding hydrogens is 510 g/mol. The Morgan fingerprint density at radius 2 is 1.79 bits per heavy atom. The fourth-order valence-corrected chi connectivity index (χ4v) is 5.28. The fraction of sp³-hybridized carbons (Fsp3) is 0.667. The van der Waals surface area contributed by atoms with Crippen LogP contribution in [0, 0.1) is 6.92 Å². The minimum atomic E-state index is -5.39. The third-order valence-electron chi connectivity index (χ3n) is 4.79. The van der Waals surface area contributed by atoms with Crippen LogP contribution in [0.5, 0.6) is 0 Å². The number of aryl methyl sites for hydroxylation is 1. The van der Waals surface area contributed by atoms with Gasteiger partial charge in [-0.2, -0.15) is 4.31 Å². The van der Waals surface area contributed by atoms with Gasteiger partial charge in [-0.25, -0.2) is 13.9 Å². The molecule has 2 fully saturated rings. The number of phosphoric acid groups is 2. The third kappa shape index (κ3) is 6.54. The summed E-state index contributed by atoms with van der Waals surface area (Å²) in [5.41, 5.74) is -1.23. The van der Waals surface area contributed by atoms with E-state index in [1.54, 1.807) is 0 Å². The second-order valence-corrected chi connectivity index (χ2v) is 10.4. The normalized spacial score (nSPS) is 33.4. The van der Waals surface area contributed by atoms with Gasteiger partial charge in [-0.15, -0.1) is 0 Å². The Labute approximate surface area is 189 Å². The maximum absolute atomic E-state index is 12.1. The number of ether oxygens (including phenoxy) is 2. The Morgan fingerprint density at radius 3 is 2.44 bits per heavy atom. The molecule has 0 radical (unpaired) electrons. The number of phosphoric ester groups is 2. The zero-order chi connectivity index (χ0) is 25.4. The van der Waals surface area contributed by atoms with Gasteiger partial charge >= 0.3 is 21.3 Å². The van der Waals surface area contributed by atoms with Gasteiger partial charge in [0.1, 0.15) is 18.4 Å². The van der Waals surface area contributed by atoms with E-state index < -0.39 is 82.8 Å². The Bertz CT molecular complexity index is 1120. The summed E-state index contributed by atoms with van der Waals surface area (Å²) in [6, 6.07) is 0. The topological polar surface area (TPSA) is 253 Å². The molecule has 0 aromatic carbocycles. The van der Waals surface area contributed by atoms with Crippen molar-refractivity contribution in [1.82, 2.24) is 9.55 Å². The van der Waals surface area contributed by atoms with Crippen LogP contribution in [0.15, 0.2) is 15.8 Å². The summed E-state index contributed by atoms with van der Waals surface area (Å²) in [4.78, 5) is 56.2. The van der Waals surface area contributed by atoms with Crippen molar-refractivity contribution in [2.75, 3.05) is 6.61 Å². The van der Waals surface area contributed by atoms with E-state index in [0.717, 1.165) is 4.57 Å². The molecule has 3 unspecified atom stereocenters. The summed E-state index contributed by atoms with van der Waals surface area (Å²) in [6.45, 7) is 0.612. The summed E-state index contributed by atoms with van der Waals surface area (Å²) < 4.78 is 48.2. The molecule has 3 heterocycles. The van der Waals surface area contributed by atoms with E-state index in [4.69, 9.17) is 4.74 Å². The number of aromatic amines is 1. The number of aromatic nitrogens is 2. The smallest absolute Gasteiger partial charge is 0.390 e. The van der Waals surface area contributed by atoms with Crippen LogP contribution in [0.1, 0.15) is 24.6 Å². The molecule has 0 amide bonds. The van der Waals surface area contributed by atoms with Crippen LogP contribution in [0.25, 0.3) is 0 Å². The summed E-state index contributed by atoms with van der Waals surface area (Å²) in [7, 11) is -10.7. The minimum absolute atomic E-state index is 0.153. The van der Waals surface area contributed by atoms with Gasteiger partial charge in [0, 0.05) is 24.6 Å². The quantitative estimate of drug-likeness (QED) is 0.193. The first-order chi connectivity index (χ1) is 15.7. The molecule has 0 aliphatic carbocycles. The Morgan fingerprint density at radius 1 is 1.12 bits per heavy atom. The number of hydrogen-bond acceptors (Lipinski definition) is 13. The lowest BCUT2D eigenvalue weighted by atomic mass is 10.1. The molecule has 2 aliphatic heterocycles. The standard InChI is InChI=1S/C15H22N2O15P2/c1-6-4-17(15(23)16-13(6)21)10-2-7(18)9(29-10)5-28-33(24,25)32-34(26,27)31-11-3-8(19)12(20)14(22)30-11/h4,7-11,14,18-19,22H,2-3,5H2,1H3,(H,24,25)(H,26,27)(H,16,21,23)/t7-,8+,9+,10+,11?,14+/m0/s1. The number of hydrogen-bond donors (Lipinski definition) is 6. The number of nitrogens with one attached hydrogen (secondary N) is 1. The fourth-order valence-electron chi connectivity index (χ4n) is 3.12. The molecule has 0 spiro atoms. The first-order valence-electron chi connectivity index (χ1n) is 9.58. The summed E-state index contributed by atoms with van der Waals surface area (Å²) in [5, 5.41) is 28.9. The molecule has 2 aliphatic rings. The average molecular weight is 532 g/mol. The molecule has 34 heavy (non-hydrogen) atoms. The first kappa shape index (κ1) is 27.0. The molecule has 1 aromatic heterocycles. The molecule has 2 saturated heterocycles. The van der Waals surface area contributed by atoms with Crippen molar-refractivity contribution in [3.05, 3.63) is 32.6 Å². The number of rotatable bonds is 8. The second kappa shape index (κ2) is 10.2. The van der Waals surface area contributed by atoms with Crippen LogP contribution in [-0.2, 0) is 36.8 Å². The number of aliphatic hydroxyl groups excluding tert-OH is 3. The minimum Gasteiger partial charge on any atom is -0.390 e. The van der Waals surface area contributed by atoms with Crippen LogP contribution >= 0.6 is 15.6 Å². The zero-order valence-electron chi connectivity index (χ0n) is 17.3. The van der Waals surface area contributed by atoms with Gasteiger partial charge in [-0.1, -0.05) is 0 Å². The van der Waals surface area contributed by atoms with Crippen molar-refractivity contribution in [3.63, 3.8) is 0 Å². The van der Waals surface area contributed by atoms with Crippen molar-refractivity contribution in [1.29, 1.82) is 0 Å². The van der Waals surface area contributed by atoms with Crippen LogP contribution in [-0.4, -0.2) is 77.9 Å². The number of H-pyrrole nitrogens is 1. The van der Waals surface area contributed by atoms with E-state index in [1.807, 2.05) is 0 Å². The molecule has 0 saturated carbocycles. The van der Waals surface area contributed by atoms with E-state index in [2.05, 4.69) is 23.1 Å². The molecule has 6 N–H and O–H groups in total. The SMILES string of the molecule is Cc1cn([C@H]2C[C@H](O)[C@@H](COP(=O)(O)OP(=O)(O)OC3C[C@@H](O)C(=O)[C@H](O)O3)O2)c(=O)[nH]c1=O. The summed E-state index contributed by atoms with van der Waals surface area (Å²) >= 11 is 0. The lowest BCUT2D eigenvalue weighted by Crippen LogP contribution is -2.45. The van der Waals surface area contributed by atoms with Crippen molar-refractivity contribution in [2.45, 2.75) is 56.9 Å². The maximum Gasteiger partial charge on any atom is 0.483 e. The predicted molar refractivity (Wildman–Crippen MR) is 105 cm³/mol. The largest absolute Gasteiger partial charge is 0.483 e. The highest BCUT2D eigenvalue weighted by atomic mass is 31.3. The number of nitrogens with zero attached hydrogens (tertiary/aromatic N) is 1. The van der Waals surface area contributed by atoms with Crippen LogP contribution in [0.4, 0.5) is 0 Å². The molecule has 8 atom stereocenters. The van der Waals surface area contributed by atoms with Gasteiger partial charge in [0.25, 0.3) is 5.56 Å². The maximum atomic E-state index is 12.1. The molecule has 19 heteroatoms. The third-order valence-corrected chi connectivity index (χ3v) is 7.42. The first-order valence-corrected chi connectivity index (χ1v) is 12.6. The Kier molecular flexibility index (Phi) is 8.09. The van der Waals surface area contributed by atoms with Crippen molar-refractivity contribution in [2.24, 2.45) is 0 Å². The highest BCUT2D eigenvalue weighted by Crippen LogP contribution is 2.61. The van der Waals surface area contributed by atoms with Crippen LogP contribution < -0.4 is 11.2 Å². The highest BCUT2D eigenvalue weighted by molar-refractivity contribution is 7.61. The van der Waals surface area contributed by atoms with Crippen LogP contribution in [0.3, 0.4) is 0 Å². The molecule has 192 valence electrons. The highest BCUT2D eigenvalue weighted by Gasteiger charge is 2.44. The van der Waals surface area contributed by atoms with E-state index in [-0.39, 0.29) is 12.0 Å². The zero-order valence-corrected chi connectivity index (χ0v) is 19.1. The number of carbonyl (C=O) groups is 1. The number of Topliss-reactive ketones (excluding diaryl/α,β-unsaturated/α-hetero) is 1. The monoisotopic (exact) mass is 532 g/mol. The number of aliphatic hydroxyl groups is 3. The molecular formula is C15H22N2O15P2. The van der Waals surface area contributed by atoms with Crippen molar-refractivity contribution in [3.8, 4) is 0 Å². The van der Waals surface area contributed by atoms with Gasteiger partial charge in [0.15, 0.2) is 6.29 Å². The van der Waals surface area contributed by atoms with Gasteiger partial charge < -0.3 is 34.6 Å². The number of carbonyl (C=O) groups excluding carboxylic acids is 1. The van der Waals surface area contributed by atoms with Gasteiger partial charge in [0.05, 0.1) is 12.7 Å². The average Bonchev–Trinajstić information content (AvgIpc) is 3.06. The summed E-state index contributed by atoms with van der Waals surface area (Å²) in [5.74, 6) is -1.11. The van der Waals surface area contributed by atoms with E-state index >= 15 is 0 Å². The number of ketones is 1. The Balaban J connectivity index is 1.57. The molecule has 0 bridgehead atoms. The molecule has 17 nitrogen and oxygen atoms in total. The Hall–Kier alpha value is -1.59. The molecule has 3 rings (SSSR count). The second-order valence-electron chi connectivity index (χ2n) is 7.40. The molecule has 1 aromatic rings. The van der Waals surface area contributed by atoms with Gasteiger partial charge in [-0.3, -0.25) is 28.2 Å². The predicted octanol–water partition coefficient (Wildman–Crippen LogP) is -2.26. The van der Waals surface area contributed by atoms with E-state index in [9.17, 15) is 48.6 Å². The van der Waals surface area contributed by atoms with Gasteiger partial charge in [0.2, 0.25) is 12.1 Å². The van der Waals surface area contributed by atoms with Crippen LogP contribution in [0.2, 0.25) is 0 Å². The lowest BCUT2D eigenvalue weighted by molar-refractivity contribution is -0.232.